The van der Waals surface area contributed by atoms with Crippen molar-refractivity contribution in [3.8, 4) is 0 Å². The van der Waals surface area contributed by atoms with Crippen molar-refractivity contribution in [2.45, 2.75) is 40.7 Å². The number of aryl methyl sites for hydroxylation is 1. The fourth-order valence-corrected chi connectivity index (χ4v) is 3.74. The van der Waals surface area contributed by atoms with Crippen LogP contribution in [-0.2, 0) is 6.54 Å². The van der Waals surface area contributed by atoms with Gasteiger partial charge < -0.3 is 20.0 Å². The molecule has 1 N–H and O–H groups in total. The van der Waals surface area contributed by atoms with Gasteiger partial charge in [-0.1, -0.05) is 19.9 Å². The van der Waals surface area contributed by atoms with Gasteiger partial charge in [-0.2, -0.15) is 0 Å². The lowest BCUT2D eigenvalue weighted by Gasteiger charge is -2.24. The molecule has 1 aliphatic rings. The Bertz CT molecular complexity index is 613. The van der Waals surface area contributed by atoms with Crippen LogP contribution in [0.4, 0.5) is 5.69 Å². The van der Waals surface area contributed by atoms with Gasteiger partial charge in [-0.25, -0.2) is 4.99 Å². The molecule has 2 rings (SSSR count). The number of halogens is 1. The van der Waals surface area contributed by atoms with Gasteiger partial charge in [-0.05, 0) is 62.5 Å². The lowest BCUT2D eigenvalue weighted by atomic mass is 10.1. The van der Waals surface area contributed by atoms with Crippen molar-refractivity contribution in [1.82, 2.24) is 15.1 Å². The van der Waals surface area contributed by atoms with Crippen LogP contribution < -0.4 is 10.2 Å². The minimum Gasteiger partial charge on any atom is -0.378 e. The highest BCUT2D eigenvalue weighted by Gasteiger charge is 2.25. The van der Waals surface area contributed by atoms with E-state index in [4.69, 9.17) is 4.99 Å². The Morgan fingerprint density at radius 1 is 1.21 bits per heavy atom. The first-order valence-electron chi connectivity index (χ1n) is 10.5. The topological polar surface area (TPSA) is 34.1 Å². The second-order valence-corrected chi connectivity index (χ2v) is 7.76. The Kier molecular flexibility index (Phi) is 11.2. The molecule has 1 unspecified atom stereocenters. The van der Waals surface area contributed by atoms with Gasteiger partial charge in [-0.3, -0.25) is 0 Å². The Morgan fingerprint density at radius 2 is 1.93 bits per heavy atom. The van der Waals surface area contributed by atoms with E-state index in [0.29, 0.717) is 0 Å². The summed E-state index contributed by atoms with van der Waals surface area (Å²) in [6, 6.07) is 6.64. The van der Waals surface area contributed by atoms with Crippen LogP contribution in [0.25, 0.3) is 0 Å². The third-order valence-corrected chi connectivity index (χ3v) is 5.57. The van der Waals surface area contributed by atoms with Crippen molar-refractivity contribution in [3.63, 3.8) is 0 Å². The normalized spacial score (nSPS) is 17.0. The minimum absolute atomic E-state index is 0. The summed E-state index contributed by atoms with van der Waals surface area (Å²) >= 11 is 0. The third kappa shape index (κ3) is 7.10. The average molecular weight is 502 g/mol. The van der Waals surface area contributed by atoms with Gasteiger partial charge in [-0.15, -0.1) is 24.0 Å². The highest BCUT2D eigenvalue weighted by Crippen LogP contribution is 2.20. The zero-order chi connectivity index (χ0) is 19.8. The maximum Gasteiger partial charge on any atom is 0.194 e. The van der Waals surface area contributed by atoms with Crippen LogP contribution in [0.5, 0.6) is 0 Å². The molecule has 28 heavy (non-hydrogen) atoms. The Hall–Kier alpha value is -1.02. The zero-order valence-corrected chi connectivity index (χ0v) is 21.0. The van der Waals surface area contributed by atoms with Crippen LogP contribution in [0, 0.1) is 12.8 Å². The summed E-state index contributed by atoms with van der Waals surface area (Å²) in [4.78, 5) is 12.1. The van der Waals surface area contributed by atoms with Crippen molar-refractivity contribution in [1.29, 1.82) is 0 Å². The van der Waals surface area contributed by atoms with E-state index in [-0.39, 0.29) is 24.0 Å². The molecule has 1 aliphatic heterocycles. The van der Waals surface area contributed by atoms with Crippen molar-refractivity contribution < 1.29 is 0 Å². The number of rotatable bonds is 8. The summed E-state index contributed by atoms with van der Waals surface area (Å²) in [5, 5.41) is 3.50. The van der Waals surface area contributed by atoms with Gasteiger partial charge in [0.05, 0.1) is 6.54 Å². The number of nitrogens with zero attached hydrogens (tertiary/aromatic N) is 4. The van der Waals surface area contributed by atoms with E-state index in [1.807, 2.05) is 0 Å². The molecule has 1 fully saturated rings. The van der Waals surface area contributed by atoms with E-state index in [9.17, 15) is 0 Å². The Morgan fingerprint density at radius 3 is 2.50 bits per heavy atom. The maximum atomic E-state index is 4.96. The van der Waals surface area contributed by atoms with Gasteiger partial charge in [0.15, 0.2) is 5.96 Å². The van der Waals surface area contributed by atoms with E-state index < -0.39 is 0 Å². The fraction of sp³-hybridized carbons (Fsp3) is 0.682. The summed E-state index contributed by atoms with van der Waals surface area (Å²) in [5.41, 5.74) is 3.85. The Labute approximate surface area is 189 Å². The molecule has 0 bridgehead atoms. The van der Waals surface area contributed by atoms with Crippen LogP contribution in [0.1, 0.15) is 38.3 Å². The van der Waals surface area contributed by atoms with Gasteiger partial charge >= 0.3 is 0 Å². The van der Waals surface area contributed by atoms with E-state index >= 15 is 0 Å². The highest BCUT2D eigenvalue weighted by molar-refractivity contribution is 14.0. The number of hydrogen-bond donors (Lipinski definition) is 1. The molecule has 1 aromatic rings. The molecule has 0 amide bonds. The molecular formula is C22H40IN5. The second-order valence-electron chi connectivity index (χ2n) is 7.76. The fourth-order valence-electron chi connectivity index (χ4n) is 3.74. The van der Waals surface area contributed by atoms with E-state index in [2.05, 4.69) is 80.0 Å². The first kappa shape index (κ1) is 25.0. The van der Waals surface area contributed by atoms with E-state index in [1.165, 1.54) is 29.8 Å². The monoisotopic (exact) mass is 501 g/mol. The number of guanidine groups is 1. The largest absolute Gasteiger partial charge is 0.378 e. The van der Waals surface area contributed by atoms with Crippen molar-refractivity contribution >= 4 is 35.6 Å². The van der Waals surface area contributed by atoms with Crippen LogP contribution >= 0.6 is 24.0 Å². The summed E-state index contributed by atoms with van der Waals surface area (Å²) in [6.45, 7) is 16.2. The lowest BCUT2D eigenvalue weighted by Crippen LogP contribution is -2.40. The molecule has 0 radical (unpaired) electrons. The predicted molar refractivity (Wildman–Crippen MR) is 133 cm³/mol. The van der Waals surface area contributed by atoms with Crippen molar-refractivity contribution in [3.05, 3.63) is 29.3 Å². The molecule has 1 atom stereocenters. The molecule has 0 aromatic heterocycles. The smallest absolute Gasteiger partial charge is 0.194 e. The quantitative estimate of drug-likeness (QED) is 0.334. The number of nitrogens with one attached hydrogen (secondary N) is 1. The number of likely N-dealkylation sites (tertiary alicyclic amines) is 1. The molecule has 0 aliphatic carbocycles. The van der Waals surface area contributed by atoms with Crippen molar-refractivity contribution in [2.24, 2.45) is 10.9 Å². The Balaban J connectivity index is 0.00000392. The molecule has 1 heterocycles. The molecule has 0 spiro atoms. The molecule has 1 saturated heterocycles. The summed E-state index contributed by atoms with van der Waals surface area (Å²) in [5.74, 6) is 1.81. The van der Waals surface area contributed by atoms with Crippen LogP contribution in [-0.4, -0.2) is 69.1 Å². The number of hydrogen-bond acceptors (Lipinski definition) is 3. The molecule has 160 valence electrons. The second kappa shape index (κ2) is 12.5. The zero-order valence-electron chi connectivity index (χ0n) is 18.7. The molecule has 0 saturated carbocycles. The lowest BCUT2D eigenvalue weighted by molar-refractivity contribution is 0.255. The van der Waals surface area contributed by atoms with Gasteiger partial charge in [0, 0.05) is 46.0 Å². The summed E-state index contributed by atoms with van der Waals surface area (Å²) in [6.07, 6.45) is 1.26. The van der Waals surface area contributed by atoms with E-state index in [0.717, 1.165) is 51.1 Å². The SMILES string of the molecule is CCNC(=NCc1ccc(N(C)C)cc1C)N1CCC(CN(CC)CC)C1.I. The van der Waals surface area contributed by atoms with Gasteiger partial charge in [0.2, 0.25) is 0 Å². The van der Waals surface area contributed by atoms with Gasteiger partial charge in [0.1, 0.15) is 0 Å². The average Bonchev–Trinajstić information content (AvgIpc) is 3.12. The summed E-state index contributed by atoms with van der Waals surface area (Å²) in [7, 11) is 4.16. The molecule has 1 aromatic carbocycles. The number of aliphatic imine (C=N–C) groups is 1. The first-order chi connectivity index (χ1) is 13.0. The predicted octanol–water partition coefficient (Wildman–Crippen LogP) is 3.81. The first-order valence-corrected chi connectivity index (χ1v) is 10.5. The van der Waals surface area contributed by atoms with Crippen LogP contribution in [0.3, 0.4) is 0 Å². The van der Waals surface area contributed by atoms with Crippen LogP contribution in [0.15, 0.2) is 23.2 Å². The van der Waals surface area contributed by atoms with E-state index in [1.54, 1.807) is 0 Å². The summed E-state index contributed by atoms with van der Waals surface area (Å²) < 4.78 is 0. The number of anilines is 1. The third-order valence-electron chi connectivity index (χ3n) is 5.57. The van der Waals surface area contributed by atoms with Crippen molar-refractivity contribution in [2.75, 3.05) is 58.3 Å². The standard InChI is InChI=1S/C22H39N5.HI/c1-7-23-22(27-13-12-19(17-27)16-26(8-2)9-3)24-15-20-10-11-21(25(5)6)14-18(20)4;/h10-11,14,19H,7-9,12-13,15-17H2,1-6H3,(H,23,24);1H. The van der Waals surface area contributed by atoms with Gasteiger partial charge in [0.25, 0.3) is 0 Å². The molecular weight excluding hydrogens is 461 g/mol. The molecule has 5 nitrogen and oxygen atoms in total. The number of benzene rings is 1. The maximum absolute atomic E-state index is 4.96. The highest BCUT2D eigenvalue weighted by atomic mass is 127. The minimum atomic E-state index is 0. The van der Waals surface area contributed by atoms with Crippen LogP contribution in [0.2, 0.25) is 0 Å². The molecule has 6 heteroatoms.